The molecule has 0 heterocycles. The quantitative estimate of drug-likeness (QED) is 0.263. The Morgan fingerprint density at radius 2 is 1.64 bits per heavy atom. The first-order chi connectivity index (χ1) is 15.9. The summed E-state index contributed by atoms with van der Waals surface area (Å²) in [5.41, 5.74) is 4.48. The maximum Gasteiger partial charge on any atom is 0.215 e. The normalized spacial score (nSPS) is 11.7. The minimum absolute atomic E-state index is 0.0537. The second kappa shape index (κ2) is 10.5. The zero-order valence-corrected chi connectivity index (χ0v) is 19.2. The molecule has 3 aromatic rings. The van der Waals surface area contributed by atoms with Crippen LogP contribution >= 0.6 is 0 Å². The Hall–Kier alpha value is -4.09. The number of benzene rings is 3. The van der Waals surface area contributed by atoms with Gasteiger partial charge in [0.15, 0.2) is 6.61 Å². The summed E-state index contributed by atoms with van der Waals surface area (Å²) < 4.78 is 5.86. The first-order valence-electron chi connectivity index (χ1n) is 10.8. The molecule has 0 aliphatic rings. The standard InChI is InChI=1S/C28H27N3O2/c1-28(2,3)22-13-14-26(33-18-16-30)24(19-22)27(21-9-5-4-6-10-21)23-11-7-8-12-25(23)31(20-32)17-15-29/h4-14,19-20,27H,17-18H2,1-3H3. The SMILES string of the molecule is CC(C)(C)c1ccc(OCC#N)c(C(c2ccccc2)c2ccccc2N(C=O)CC#N)c1. The van der Waals surface area contributed by atoms with Crippen LogP contribution in [-0.2, 0) is 10.2 Å². The predicted molar refractivity (Wildman–Crippen MR) is 129 cm³/mol. The van der Waals surface area contributed by atoms with Gasteiger partial charge in [0.1, 0.15) is 18.4 Å². The molecule has 3 rings (SSSR count). The van der Waals surface area contributed by atoms with E-state index in [4.69, 9.17) is 10.00 Å². The van der Waals surface area contributed by atoms with Crippen LogP contribution < -0.4 is 9.64 Å². The molecule has 0 N–H and O–H groups in total. The average Bonchev–Trinajstić information content (AvgIpc) is 2.82. The first-order valence-corrected chi connectivity index (χ1v) is 10.8. The van der Waals surface area contributed by atoms with Crippen LogP contribution in [0, 0.1) is 22.7 Å². The van der Waals surface area contributed by atoms with E-state index >= 15 is 0 Å². The molecular weight excluding hydrogens is 410 g/mol. The molecule has 1 atom stereocenters. The number of ether oxygens (including phenoxy) is 1. The second-order valence-electron chi connectivity index (χ2n) is 8.74. The fraction of sp³-hybridized carbons (Fsp3) is 0.250. The Bertz CT molecular complexity index is 1180. The van der Waals surface area contributed by atoms with E-state index in [0.717, 1.165) is 22.3 Å². The highest BCUT2D eigenvalue weighted by molar-refractivity contribution is 5.79. The van der Waals surface area contributed by atoms with Gasteiger partial charge in [-0.2, -0.15) is 10.5 Å². The first kappa shape index (κ1) is 23.6. The number of carbonyl (C=O) groups is 1. The Morgan fingerprint density at radius 1 is 0.939 bits per heavy atom. The van der Waals surface area contributed by atoms with Crippen molar-refractivity contribution in [3.63, 3.8) is 0 Å². The number of hydrogen-bond acceptors (Lipinski definition) is 4. The number of para-hydroxylation sites is 1. The van der Waals surface area contributed by atoms with Gasteiger partial charge in [0.25, 0.3) is 0 Å². The number of hydrogen-bond donors (Lipinski definition) is 0. The predicted octanol–water partition coefficient (Wildman–Crippen LogP) is 5.55. The fourth-order valence-electron chi connectivity index (χ4n) is 3.90. The summed E-state index contributed by atoms with van der Waals surface area (Å²) in [5.74, 6) is 0.339. The lowest BCUT2D eigenvalue weighted by Crippen LogP contribution is -2.23. The summed E-state index contributed by atoms with van der Waals surface area (Å²) in [7, 11) is 0. The molecule has 0 aliphatic heterocycles. The third kappa shape index (κ3) is 5.40. The van der Waals surface area contributed by atoms with Crippen molar-refractivity contribution in [3.8, 4) is 17.9 Å². The van der Waals surface area contributed by atoms with Crippen molar-refractivity contribution >= 4 is 12.1 Å². The van der Waals surface area contributed by atoms with E-state index in [2.05, 4.69) is 32.9 Å². The van der Waals surface area contributed by atoms with Crippen LogP contribution in [0.25, 0.3) is 0 Å². The van der Waals surface area contributed by atoms with Crippen LogP contribution in [0.2, 0.25) is 0 Å². The molecule has 1 amide bonds. The molecule has 5 heteroatoms. The van der Waals surface area contributed by atoms with Gasteiger partial charge in [-0.15, -0.1) is 0 Å². The Balaban J connectivity index is 2.33. The van der Waals surface area contributed by atoms with Gasteiger partial charge in [0, 0.05) is 17.2 Å². The van der Waals surface area contributed by atoms with Gasteiger partial charge in [-0.3, -0.25) is 4.79 Å². The molecule has 166 valence electrons. The van der Waals surface area contributed by atoms with Crippen molar-refractivity contribution in [1.82, 2.24) is 0 Å². The highest BCUT2D eigenvalue weighted by Crippen LogP contribution is 2.42. The van der Waals surface area contributed by atoms with Crippen molar-refractivity contribution in [1.29, 1.82) is 10.5 Å². The monoisotopic (exact) mass is 437 g/mol. The maximum absolute atomic E-state index is 11.9. The largest absolute Gasteiger partial charge is 0.478 e. The van der Waals surface area contributed by atoms with Crippen LogP contribution in [0.3, 0.4) is 0 Å². The molecule has 0 aliphatic carbocycles. The molecular formula is C28H27N3O2. The summed E-state index contributed by atoms with van der Waals surface area (Å²) in [4.78, 5) is 13.3. The lowest BCUT2D eigenvalue weighted by molar-refractivity contribution is -0.107. The van der Waals surface area contributed by atoms with Gasteiger partial charge in [-0.25, -0.2) is 0 Å². The lowest BCUT2D eigenvalue weighted by atomic mass is 9.79. The van der Waals surface area contributed by atoms with Gasteiger partial charge < -0.3 is 9.64 Å². The van der Waals surface area contributed by atoms with Crippen LogP contribution in [0.15, 0.2) is 72.8 Å². The van der Waals surface area contributed by atoms with E-state index in [1.807, 2.05) is 72.8 Å². The molecule has 0 bridgehead atoms. The van der Waals surface area contributed by atoms with Crippen LogP contribution in [0.5, 0.6) is 5.75 Å². The van der Waals surface area contributed by atoms with Gasteiger partial charge in [0.2, 0.25) is 6.41 Å². The van der Waals surface area contributed by atoms with Crippen LogP contribution in [0.4, 0.5) is 5.69 Å². The highest BCUT2D eigenvalue weighted by Gasteiger charge is 2.27. The van der Waals surface area contributed by atoms with E-state index in [1.165, 1.54) is 4.90 Å². The van der Waals surface area contributed by atoms with Crippen molar-refractivity contribution in [2.45, 2.75) is 32.1 Å². The lowest BCUT2D eigenvalue weighted by Gasteiger charge is -2.28. The number of nitriles is 2. The van der Waals surface area contributed by atoms with Crippen LogP contribution in [0.1, 0.15) is 48.9 Å². The molecule has 5 nitrogen and oxygen atoms in total. The average molecular weight is 438 g/mol. The topological polar surface area (TPSA) is 77.1 Å². The van der Waals surface area contributed by atoms with Gasteiger partial charge in [0.05, 0.1) is 6.07 Å². The molecule has 3 aromatic carbocycles. The molecule has 0 spiro atoms. The summed E-state index contributed by atoms with van der Waals surface area (Å²) >= 11 is 0. The highest BCUT2D eigenvalue weighted by atomic mass is 16.5. The maximum atomic E-state index is 11.9. The molecule has 0 saturated heterocycles. The summed E-state index contributed by atoms with van der Waals surface area (Å²) in [6.07, 6.45) is 0.683. The minimum atomic E-state index is -0.278. The minimum Gasteiger partial charge on any atom is -0.478 e. The molecule has 0 saturated carbocycles. The van der Waals surface area contributed by atoms with E-state index in [1.54, 1.807) is 0 Å². The molecule has 0 radical (unpaired) electrons. The second-order valence-corrected chi connectivity index (χ2v) is 8.74. The zero-order chi connectivity index (χ0) is 23.8. The van der Waals surface area contributed by atoms with Crippen molar-refractivity contribution in [2.75, 3.05) is 18.1 Å². The molecule has 1 unspecified atom stereocenters. The number of rotatable bonds is 8. The summed E-state index contributed by atoms with van der Waals surface area (Å²) in [6.45, 7) is 6.32. The molecule has 0 fully saturated rings. The van der Waals surface area contributed by atoms with E-state index in [-0.39, 0.29) is 24.5 Å². The number of anilines is 1. The van der Waals surface area contributed by atoms with Gasteiger partial charge >= 0.3 is 0 Å². The van der Waals surface area contributed by atoms with E-state index < -0.39 is 0 Å². The van der Waals surface area contributed by atoms with Crippen molar-refractivity contribution in [3.05, 3.63) is 95.1 Å². The number of carbonyl (C=O) groups excluding carboxylic acids is 1. The number of amides is 1. The Kier molecular flexibility index (Phi) is 7.49. The zero-order valence-electron chi connectivity index (χ0n) is 19.2. The van der Waals surface area contributed by atoms with E-state index in [0.29, 0.717) is 17.8 Å². The summed E-state index contributed by atoms with van der Waals surface area (Å²) in [6, 6.07) is 27.8. The Labute approximate surface area is 195 Å². The van der Waals surface area contributed by atoms with Crippen molar-refractivity contribution < 1.29 is 9.53 Å². The third-order valence-corrected chi connectivity index (χ3v) is 5.54. The number of nitrogens with zero attached hydrogens (tertiary/aromatic N) is 3. The van der Waals surface area contributed by atoms with E-state index in [9.17, 15) is 10.1 Å². The van der Waals surface area contributed by atoms with Crippen molar-refractivity contribution in [2.24, 2.45) is 0 Å². The van der Waals surface area contributed by atoms with Gasteiger partial charge in [-0.05, 0) is 34.2 Å². The Morgan fingerprint density at radius 3 is 2.27 bits per heavy atom. The third-order valence-electron chi connectivity index (χ3n) is 5.54. The molecule has 0 aromatic heterocycles. The van der Waals surface area contributed by atoms with Gasteiger partial charge in [-0.1, -0.05) is 81.4 Å². The smallest absolute Gasteiger partial charge is 0.215 e. The fourth-order valence-corrected chi connectivity index (χ4v) is 3.90. The van der Waals surface area contributed by atoms with Crippen LogP contribution in [-0.4, -0.2) is 19.6 Å². The molecule has 33 heavy (non-hydrogen) atoms. The summed E-state index contributed by atoms with van der Waals surface area (Å²) in [5, 5.41) is 18.4.